The summed E-state index contributed by atoms with van der Waals surface area (Å²) < 4.78 is 13.1. The Hall–Kier alpha value is -0.930. The predicted molar refractivity (Wildman–Crippen MR) is 49.7 cm³/mol. The van der Waals surface area contributed by atoms with Gasteiger partial charge in [-0.3, -0.25) is 4.79 Å². The normalized spacial score (nSPS) is 10.1. The third-order valence-corrected chi connectivity index (χ3v) is 1.80. The van der Waals surface area contributed by atoms with Gasteiger partial charge < -0.3 is 5.32 Å². The molecule has 0 saturated heterocycles. The molecule has 1 aromatic rings. The van der Waals surface area contributed by atoms with Gasteiger partial charge >= 0.3 is 0 Å². The number of rotatable bonds is 3. The number of benzene rings is 1. The molecule has 0 amide bonds. The fourth-order valence-electron chi connectivity index (χ4n) is 0.971. The van der Waals surface area contributed by atoms with E-state index in [-0.39, 0.29) is 17.9 Å². The lowest BCUT2D eigenvalue weighted by Crippen LogP contribution is -2.19. The second kappa shape index (κ2) is 4.35. The van der Waals surface area contributed by atoms with Gasteiger partial charge in [0.1, 0.15) is 5.82 Å². The summed E-state index contributed by atoms with van der Waals surface area (Å²) in [6, 6.07) is 4.01. The Morgan fingerprint density at radius 2 is 2.31 bits per heavy atom. The molecule has 0 heterocycles. The van der Waals surface area contributed by atoms with Gasteiger partial charge in [0.05, 0.1) is 12.1 Å². The first kappa shape index (κ1) is 10.2. The van der Waals surface area contributed by atoms with Crippen molar-refractivity contribution in [1.82, 2.24) is 5.32 Å². The summed E-state index contributed by atoms with van der Waals surface area (Å²) in [6.07, 6.45) is 0. The highest BCUT2D eigenvalue weighted by Gasteiger charge is 2.10. The highest BCUT2D eigenvalue weighted by atomic mass is 35.5. The van der Waals surface area contributed by atoms with Crippen molar-refractivity contribution >= 4 is 17.4 Å². The van der Waals surface area contributed by atoms with Crippen LogP contribution in [0.3, 0.4) is 0 Å². The number of Topliss-reactive ketones (excluding diaryl/α,β-unsaturated/α-hetero) is 1. The van der Waals surface area contributed by atoms with E-state index in [0.29, 0.717) is 5.02 Å². The quantitative estimate of drug-likeness (QED) is 0.757. The molecule has 0 unspecified atom stereocenters. The van der Waals surface area contributed by atoms with Crippen LogP contribution in [0.25, 0.3) is 0 Å². The minimum absolute atomic E-state index is 0.0683. The van der Waals surface area contributed by atoms with E-state index in [9.17, 15) is 9.18 Å². The minimum Gasteiger partial charge on any atom is -0.313 e. The zero-order valence-corrected chi connectivity index (χ0v) is 7.86. The van der Waals surface area contributed by atoms with Crippen LogP contribution in [0.2, 0.25) is 5.02 Å². The van der Waals surface area contributed by atoms with Crippen LogP contribution in [0.1, 0.15) is 10.4 Å². The Morgan fingerprint density at radius 1 is 1.62 bits per heavy atom. The zero-order valence-electron chi connectivity index (χ0n) is 7.10. The molecule has 13 heavy (non-hydrogen) atoms. The molecule has 2 nitrogen and oxygen atoms in total. The topological polar surface area (TPSA) is 29.1 Å². The van der Waals surface area contributed by atoms with Crippen molar-refractivity contribution in [2.45, 2.75) is 0 Å². The van der Waals surface area contributed by atoms with Crippen LogP contribution >= 0.6 is 11.6 Å². The smallest absolute Gasteiger partial charge is 0.179 e. The first-order chi connectivity index (χ1) is 6.15. The number of nitrogens with one attached hydrogen (secondary N) is 1. The van der Waals surface area contributed by atoms with Crippen LogP contribution < -0.4 is 5.32 Å². The van der Waals surface area contributed by atoms with Gasteiger partial charge in [0.25, 0.3) is 0 Å². The molecule has 0 aliphatic heterocycles. The fraction of sp³-hybridized carbons (Fsp3) is 0.222. The molecule has 1 aromatic carbocycles. The van der Waals surface area contributed by atoms with E-state index in [1.807, 2.05) is 0 Å². The maximum absolute atomic E-state index is 13.1. The lowest BCUT2D eigenvalue weighted by molar-refractivity contribution is 0.0990. The number of ketones is 1. The van der Waals surface area contributed by atoms with E-state index in [0.717, 1.165) is 6.07 Å². The summed E-state index contributed by atoms with van der Waals surface area (Å²) in [5.41, 5.74) is 0.0683. The number of hydrogen-bond donors (Lipinski definition) is 1. The molecule has 0 bridgehead atoms. The Kier molecular flexibility index (Phi) is 3.39. The summed E-state index contributed by atoms with van der Waals surface area (Å²) in [4.78, 5) is 11.2. The van der Waals surface area contributed by atoms with Gasteiger partial charge in [0, 0.05) is 5.02 Å². The van der Waals surface area contributed by atoms with Crippen LogP contribution in [0.5, 0.6) is 0 Å². The highest BCUT2D eigenvalue weighted by molar-refractivity contribution is 6.30. The van der Waals surface area contributed by atoms with Crippen molar-refractivity contribution < 1.29 is 9.18 Å². The van der Waals surface area contributed by atoms with Crippen LogP contribution in [0, 0.1) is 5.82 Å². The predicted octanol–water partition coefficient (Wildman–Crippen LogP) is 1.88. The molecule has 0 aromatic heterocycles. The van der Waals surface area contributed by atoms with E-state index in [2.05, 4.69) is 5.32 Å². The third kappa shape index (κ3) is 2.50. The summed E-state index contributed by atoms with van der Waals surface area (Å²) in [6.45, 7) is 0.124. The van der Waals surface area contributed by atoms with Gasteiger partial charge in [-0.2, -0.15) is 0 Å². The second-order valence-corrected chi connectivity index (χ2v) is 3.01. The Labute approximate surface area is 80.7 Å². The molecule has 1 N–H and O–H groups in total. The first-order valence-corrected chi connectivity index (χ1v) is 4.16. The molecule has 0 spiro atoms. The molecule has 0 atom stereocenters. The summed E-state index contributed by atoms with van der Waals surface area (Å²) in [5, 5.41) is 2.95. The van der Waals surface area contributed by atoms with Crippen molar-refractivity contribution in [3.05, 3.63) is 34.6 Å². The van der Waals surface area contributed by atoms with E-state index in [4.69, 9.17) is 11.6 Å². The molecule has 70 valence electrons. The number of carbonyl (C=O) groups excluding carboxylic acids is 1. The van der Waals surface area contributed by atoms with E-state index >= 15 is 0 Å². The second-order valence-electron chi connectivity index (χ2n) is 2.58. The van der Waals surface area contributed by atoms with Crippen LogP contribution in [-0.4, -0.2) is 19.4 Å². The summed E-state index contributed by atoms with van der Waals surface area (Å²) in [7, 11) is 1.63. The van der Waals surface area contributed by atoms with Gasteiger partial charge in [-0.05, 0) is 25.2 Å². The van der Waals surface area contributed by atoms with Gasteiger partial charge in [-0.1, -0.05) is 11.6 Å². The lowest BCUT2D eigenvalue weighted by Gasteiger charge is -2.01. The molecule has 0 radical (unpaired) electrons. The SMILES string of the molecule is CNCC(=O)c1ccc(Cl)cc1F. The van der Waals surface area contributed by atoms with Gasteiger partial charge in [0.15, 0.2) is 5.78 Å². The van der Waals surface area contributed by atoms with Gasteiger partial charge in [-0.15, -0.1) is 0 Å². The average molecular weight is 202 g/mol. The van der Waals surface area contributed by atoms with Crippen molar-refractivity contribution in [2.75, 3.05) is 13.6 Å². The van der Waals surface area contributed by atoms with E-state index in [1.54, 1.807) is 7.05 Å². The third-order valence-electron chi connectivity index (χ3n) is 1.57. The molecule has 1 rings (SSSR count). The summed E-state index contributed by atoms with van der Waals surface area (Å²) >= 11 is 5.53. The van der Waals surface area contributed by atoms with Crippen molar-refractivity contribution in [2.24, 2.45) is 0 Å². The largest absolute Gasteiger partial charge is 0.313 e. The Bertz CT molecular complexity index is 327. The number of hydrogen-bond acceptors (Lipinski definition) is 2. The fourth-order valence-corrected chi connectivity index (χ4v) is 1.13. The molecule has 0 aliphatic carbocycles. The van der Waals surface area contributed by atoms with Crippen LogP contribution in [-0.2, 0) is 0 Å². The molecular weight excluding hydrogens is 193 g/mol. The number of likely N-dealkylation sites (N-methyl/N-ethyl adjacent to an activating group) is 1. The summed E-state index contributed by atoms with van der Waals surface area (Å²) in [5.74, 6) is -0.857. The molecule has 4 heteroatoms. The maximum Gasteiger partial charge on any atom is 0.179 e. The van der Waals surface area contributed by atoms with Crippen molar-refractivity contribution in [3.8, 4) is 0 Å². The van der Waals surface area contributed by atoms with E-state index < -0.39 is 5.82 Å². The maximum atomic E-state index is 13.1. The van der Waals surface area contributed by atoms with Crippen molar-refractivity contribution in [3.63, 3.8) is 0 Å². The van der Waals surface area contributed by atoms with Gasteiger partial charge in [-0.25, -0.2) is 4.39 Å². The molecule has 0 aliphatic rings. The Balaban J connectivity index is 2.95. The number of carbonyl (C=O) groups is 1. The first-order valence-electron chi connectivity index (χ1n) is 3.78. The van der Waals surface area contributed by atoms with Crippen molar-refractivity contribution in [1.29, 1.82) is 0 Å². The van der Waals surface area contributed by atoms with Gasteiger partial charge in [0.2, 0.25) is 0 Å². The molecule has 0 fully saturated rings. The minimum atomic E-state index is -0.576. The molecule has 0 saturated carbocycles. The molecular formula is C9H9ClFNO. The Morgan fingerprint density at radius 3 is 2.85 bits per heavy atom. The van der Waals surface area contributed by atoms with E-state index in [1.165, 1.54) is 12.1 Å². The highest BCUT2D eigenvalue weighted by Crippen LogP contribution is 2.14. The lowest BCUT2D eigenvalue weighted by atomic mass is 10.1. The van der Waals surface area contributed by atoms with Crippen LogP contribution in [0.4, 0.5) is 4.39 Å². The number of halogens is 2. The monoisotopic (exact) mass is 201 g/mol. The standard InChI is InChI=1S/C9H9ClFNO/c1-12-5-9(13)7-3-2-6(10)4-8(7)11/h2-4,12H,5H2,1H3. The van der Waals surface area contributed by atoms with Crippen LogP contribution in [0.15, 0.2) is 18.2 Å². The average Bonchev–Trinajstić information content (AvgIpc) is 2.04. The zero-order chi connectivity index (χ0) is 9.84.